The molecular formula is C16H10F3N3O3S. The van der Waals surface area contributed by atoms with E-state index in [1.165, 1.54) is 12.3 Å². The number of nitrogens with zero attached hydrogens (tertiary/aromatic N) is 3. The minimum atomic E-state index is -4.58. The zero-order valence-electron chi connectivity index (χ0n) is 13.1. The van der Waals surface area contributed by atoms with Crippen LogP contribution in [-0.2, 0) is 6.18 Å². The van der Waals surface area contributed by atoms with Crippen LogP contribution in [0.15, 0.2) is 34.6 Å². The van der Waals surface area contributed by atoms with Crippen LogP contribution < -0.4 is 0 Å². The fourth-order valence-electron chi connectivity index (χ4n) is 2.36. The van der Waals surface area contributed by atoms with Crippen LogP contribution in [0.1, 0.15) is 16.8 Å². The van der Waals surface area contributed by atoms with E-state index < -0.39 is 16.7 Å². The summed E-state index contributed by atoms with van der Waals surface area (Å²) < 4.78 is 40.0. The zero-order valence-corrected chi connectivity index (χ0v) is 13.9. The topological polar surface area (TPSA) is 88.6 Å². The van der Waals surface area contributed by atoms with Gasteiger partial charge in [-0.2, -0.15) is 13.2 Å². The number of benzene rings is 1. The lowest BCUT2D eigenvalue weighted by atomic mass is 10.1. The highest BCUT2D eigenvalue weighted by atomic mass is 32.1. The molecule has 3 aromatic rings. The number of thiophene rings is 1. The molecule has 0 bridgehead atoms. The summed E-state index contributed by atoms with van der Waals surface area (Å²) in [5.74, 6) is -0.274. The van der Waals surface area contributed by atoms with E-state index in [0.717, 1.165) is 41.8 Å². The second-order valence-electron chi connectivity index (χ2n) is 5.37. The van der Waals surface area contributed by atoms with Gasteiger partial charge in [0.05, 0.1) is 16.2 Å². The van der Waals surface area contributed by atoms with E-state index in [2.05, 4.69) is 9.98 Å². The van der Waals surface area contributed by atoms with Gasteiger partial charge >= 0.3 is 6.18 Å². The van der Waals surface area contributed by atoms with Crippen LogP contribution in [-0.4, -0.2) is 21.2 Å². The number of nitro benzene ring substituents is 1. The first kappa shape index (κ1) is 17.8. The number of aliphatic imine (C=N–C) groups is 1. The van der Waals surface area contributed by atoms with Crippen LogP contribution in [0.3, 0.4) is 0 Å². The van der Waals surface area contributed by atoms with Crippen molar-refractivity contribution in [3.8, 4) is 5.75 Å². The van der Waals surface area contributed by atoms with Crippen LogP contribution in [0.25, 0.3) is 10.2 Å². The number of non-ortho nitro benzene ring substituents is 1. The van der Waals surface area contributed by atoms with E-state index in [0.29, 0.717) is 0 Å². The fraction of sp³-hybridized carbons (Fsp3) is 0.125. The molecule has 0 aliphatic carbocycles. The summed E-state index contributed by atoms with van der Waals surface area (Å²) in [5, 5.41) is 21.9. The summed E-state index contributed by atoms with van der Waals surface area (Å²) in [6.45, 7) is 1.47. The predicted octanol–water partition coefficient (Wildman–Crippen LogP) is 4.99. The normalized spacial score (nSPS) is 12.2. The molecule has 0 aliphatic rings. The van der Waals surface area contributed by atoms with E-state index >= 15 is 0 Å². The number of phenols is 1. The highest BCUT2D eigenvalue weighted by Crippen LogP contribution is 2.42. The molecule has 1 aromatic carbocycles. The number of halogens is 3. The van der Waals surface area contributed by atoms with E-state index in [1.54, 1.807) is 0 Å². The molecule has 2 aromatic heterocycles. The number of pyridine rings is 1. The van der Waals surface area contributed by atoms with Crippen LogP contribution in [0.2, 0.25) is 0 Å². The third-order valence-corrected chi connectivity index (χ3v) is 4.38. The van der Waals surface area contributed by atoms with E-state index in [1.807, 2.05) is 0 Å². The number of hydrogen-bond donors (Lipinski definition) is 1. The van der Waals surface area contributed by atoms with Gasteiger partial charge in [-0.25, -0.2) is 4.98 Å². The van der Waals surface area contributed by atoms with Gasteiger partial charge in [-0.3, -0.25) is 15.1 Å². The van der Waals surface area contributed by atoms with Gasteiger partial charge in [-0.1, -0.05) is 0 Å². The monoisotopic (exact) mass is 381 g/mol. The Morgan fingerprint density at radius 1 is 1.35 bits per heavy atom. The van der Waals surface area contributed by atoms with Gasteiger partial charge < -0.3 is 5.11 Å². The molecule has 2 heterocycles. The van der Waals surface area contributed by atoms with Gasteiger partial charge in [0.2, 0.25) is 0 Å². The van der Waals surface area contributed by atoms with E-state index in [9.17, 15) is 28.4 Å². The summed E-state index contributed by atoms with van der Waals surface area (Å²) in [6, 6.07) is 4.26. The van der Waals surface area contributed by atoms with Crippen molar-refractivity contribution in [1.29, 1.82) is 0 Å². The number of aryl methyl sites for hydroxylation is 1. The summed E-state index contributed by atoms with van der Waals surface area (Å²) in [6.07, 6.45) is -3.49. The van der Waals surface area contributed by atoms with E-state index in [-0.39, 0.29) is 38.6 Å². The van der Waals surface area contributed by atoms with Gasteiger partial charge in [0, 0.05) is 40.4 Å². The number of aromatic hydroxyl groups is 1. The number of hydrogen-bond acceptors (Lipinski definition) is 6. The Morgan fingerprint density at radius 3 is 2.73 bits per heavy atom. The lowest BCUT2D eigenvalue weighted by molar-refractivity contribution is -0.384. The average molecular weight is 381 g/mol. The lowest BCUT2D eigenvalue weighted by Gasteiger charge is -2.09. The molecule has 0 saturated heterocycles. The van der Waals surface area contributed by atoms with Gasteiger partial charge in [-0.15, -0.1) is 11.3 Å². The fourth-order valence-corrected chi connectivity index (χ4v) is 3.30. The Labute approximate surface area is 148 Å². The zero-order chi connectivity index (χ0) is 19.1. The number of aromatic nitrogens is 1. The third-order valence-electron chi connectivity index (χ3n) is 3.52. The van der Waals surface area contributed by atoms with Crippen LogP contribution in [0.5, 0.6) is 5.75 Å². The van der Waals surface area contributed by atoms with Crippen molar-refractivity contribution in [2.24, 2.45) is 4.99 Å². The maximum Gasteiger partial charge on any atom is 0.417 e. The highest BCUT2D eigenvalue weighted by Gasteiger charge is 2.34. The van der Waals surface area contributed by atoms with Crippen LogP contribution in [0, 0.1) is 17.0 Å². The first-order valence-corrected chi connectivity index (χ1v) is 8.02. The molecule has 0 saturated carbocycles. The number of nitro groups is 1. The van der Waals surface area contributed by atoms with Gasteiger partial charge in [0.1, 0.15) is 10.6 Å². The minimum Gasteiger partial charge on any atom is -0.507 e. The molecule has 6 nitrogen and oxygen atoms in total. The Morgan fingerprint density at radius 2 is 2.08 bits per heavy atom. The van der Waals surface area contributed by atoms with Crippen molar-refractivity contribution < 1.29 is 23.2 Å². The minimum absolute atomic E-state index is 0.0205. The summed E-state index contributed by atoms with van der Waals surface area (Å²) in [4.78, 5) is 18.4. The SMILES string of the molecule is Cc1cc(C(F)(F)F)c2c(N=Cc3cc([N+](=O)[O-])ccc3O)csc2n1. The summed E-state index contributed by atoms with van der Waals surface area (Å²) in [5.41, 5.74) is -0.842. The van der Waals surface area contributed by atoms with Crippen LogP contribution >= 0.6 is 11.3 Å². The quantitative estimate of drug-likeness (QED) is 0.393. The molecule has 1 N–H and O–H groups in total. The first-order chi connectivity index (χ1) is 12.2. The molecule has 0 aliphatic heterocycles. The lowest BCUT2D eigenvalue weighted by Crippen LogP contribution is -2.06. The summed E-state index contributed by atoms with van der Waals surface area (Å²) >= 11 is 1.01. The molecule has 3 rings (SSSR count). The first-order valence-electron chi connectivity index (χ1n) is 7.14. The molecule has 10 heteroatoms. The smallest absolute Gasteiger partial charge is 0.417 e. The Hall–Kier alpha value is -3.01. The summed E-state index contributed by atoms with van der Waals surface area (Å²) in [7, 11) is 0. The predicted molar refractivity (Wildman–Crippen MR) is 91.4 cm³/mol. The van der Waals surface area contributed by atoms with Gasteiger partial charge in [-0.05, 0) is 19.1 Å². The van der Waals surface area contributed by atoms with Crippen molar-refractivity contribution in [3.05, 3.63) is 56.6 Å². The largest absolute Gasteiger partial charge is 0.507 e. The number of alkyl halides is 3. The average Bonchev–Trinajstić information content (AvgIpc) is 2.94. The van der Waals surface area contributed by atoms with Crippen molar-refractivity contribution in [2.45, 2.75) is 13.1 Å². The maximum absolute atomic E-state index is 13.3. The molecule has 0 fully saturated rings. The van der Waals surface area contributed by atoms with Gasteiger partial charge in [0.15, 0.2) is 0 Å². The molecular weight excluding hydrogens is 371 g/mol. The number of fused-ring (bicyclic) bond motifs is 1. The van der Waals surface area contributed by atoms with E-state index in [4.69, 9.17) is 0 Å². The Kier molecular flexibility index (Phi) is 4.36. The van der Waals surface area contributed by atoms with Crippen molar-refractivity contribution in [2.75, 3.05) is 0 Å². The third kappa shape index (κ3) is 3.36. The van der Waals surface area contributed by atoms with Crippen molar-refractivity contribution in [3.63, 3.8) is 0 Å². The Balaban J connectivity index is 2.12. The van der Waals surface area contributed by atoms with Crippen LogP contribution in [0.4, 0.5) is 24.5 Å². The maximum atomic E-state index is 13.3. The molecule has 134 valence electrons. The second kappa shape index (κ2) is 6.37. The van der Waals surface area contributed by atoms with Crippen molar-refractivity contribution in [1.82, 2.24) is 4.98 Å². The van der Waals surface area contributed by atoms with Gasteiger partial charge in [0.25, 0.3) is 5.69 Å². The molecule has 0 amide bonds. The molecule has 0 atom stereocenters. The Bertz CT molecular complexity index is 1040. The second-order valence-corrected chi connectivity index (χ2v) is 6.23. The van der Waals surface area contributed by atoms with Crippen molar-refractivity contribution >= 4 is 39.1 Å². The number of phenolic OH excluding ortho intramolecular Hbond substituents is 1. The molecule has 0 spiro atoms. The number of rotatable bonds is 3. The molecule has 0 unspecified atom stereocenters. The molecule has 0 radical (unpaired) electrons. The highest BCUT2D eigenvalue weighted by molar-refractivity contribution is 7.17. The standard InChI is InChI=1S/C16H10F3N3O3S/c1-8-4-11(16(17,18)19)14-12(7-26-15(14)21-8)20-6-9-5-10(22(24)25)2-3-13(9)23/h2-7,23H,1H3. The molecule has 26 heavy (non-hydrogen) atoms.